The predicted octanol–water partition coefficient (Wildman–Crippen LogP) is 1.41. The third-order valence-electron chi connectivity index (χ3n) is 1.02. The fourth-order valence-electron chi connectivity index (χ4n) is 0.495. The van der Waals surface area contributed by atoms with Gasteiger partial charge in [-0.1, -0.05) is 12.8 Å². The molecule has 0 radical (unpaired) electrons. The number of methoxy groups -OCH3 is 2. The topological polar surface area (TPSA) is 18.5 Å². The number of hydrogen-bond donors (Lipinski definition) is 0. The standard InChI is InChI=1S/C8H14O2/c1-4-5-6-7-8(9-2)10-3/h8H,4-5H2,1-3H3. The highest BCUT2D eigenvalue weighted by atomic mass is 16.7. The van der Waals surface area contributed by atoms with Crippen molar-refractivity contribution in [1.82, 2.24) is 0 Å². The van der Waals surface area contributed by atoms with Gasteiger partial charge in [-0.3, -0.25) is 0 Å². The van der Waals surface area contributed by atoms with Gasteiger partial charge in [-0.25, -0.2) is 0 Å². The quantitative estimate of drug-likeness (QED) is 0.438. The Morgan fingerprint density at radius 3 is 2.30 bits per heavy atom. The van der Waals surface area contributed by atoms with Crippen molar-refractivity contribution in [3.63, 3.8) is 0 Å². The summed E-state index contributed by atoms with van der Waals surface area (Å²) in [6.45, 7) is 2.09. The number of ether oxygens (including phenoxy) is 2. The van der Waals surface area contributed by atoms with Gasteiger partial charge in [0.1, 0.15) is 0 Å². The fraction of sp³-hybridized carbons (Fsp3) is 0.750. The predicted molar refractivity (Wildman–Crippen MR) is 40.5 cm³/mol. The highest BCUT2D eigenvalue weighted by Crippen LogP contribution is 1.88. The molecule has 0 heterocycles. The van der Waals surface area contributed by atoms with Crippen LogP contribution in [0.2, 0.25) is 0 Å². The summed E-state index contributed by atoms with van der Waals surface area (Å²) < 4.78 is 9.70. The molecule has 0 unspecified atom stereocenters. The second kappa shape index (κ2) is 6.60. The minimum Gasteiger partial charge on any atom is -0.345 e. The van der Waals surface area contributed by atoms with Crippen LogP contribution in [-0.2, 0) is 9.47 Å². The van der Waals surface area contributed by atoms with E-state index in [4.69, 9.17) is 9.47 Å². The van der Waals surface area contributed by atoms with Gasteiger partial charge in [0, 0.05) is 20.6 Å². The fourth-order valence-corrected chi connectivity index (χ4v) is 0.495. The Balaban J connectivity index is 3.52. The van der Waals surface area contributed by atoms with Crippen LogP contribution in [0.1, 0.15) is 19.8 Å². The molecule has 2 heteroatoms. The van der Waals surface area contributed by atoms with Crippen LogP contribution in [0.4, 0.5) is 0 Å². The molecule has 0 fully saturated rings. The van der Waals surface area contributed by atoms with Crippen molar-refractivity contribution in [3.8, 4) is 11.8 Å². The van der Waals surface area contributed by atoms with Crippen molar-refractivity contribution in [1.29, 1.82) is 0 Å². The van der Waals surface area contributed by atoms with Gasteiger partial charge in [-0.05, 0) is 12.3 Å². The summed E-state index contributed by atoms with van der Waals surface area (Å²) in [7, 11) is 3.16. The maximum Gasteiger partial charge on any atom is 0.221 e. The third kappa shape index (κ3) is 4.37. The summed E-state index contributed by atoms with van der Waals surface area (Å²) in [6.07, 6.45) is 1.63. The lowest BCUT2D eigenvalue weighted by Gasteiger charge is -2.03. The summed E-state index contributed by atoms with van der Waals surface area (Å²) in [5.41, 5.74) is 0. The lowest BCUT2D eigenvalue weighted by Crippen LogP contribution is -2.09. The van der Waals surface area contributed by atoms with Gasteiger partial charge < -0.3 is 9.47 Å². The SMILES string of the molecule is CCCC#CC(OC)OC. The lowest BCUT2D eigenvalue weighted by molar-refractivity contribution is -0.0595. The largest absolute Gasteiger partial charge is 0.345 e. The first-order chi connectivity index (χ1) is 4.85. The zero-order valence-electron chi connectivity index (χ0n) is 6.81. The average Bonchev–Trinajstić information content (AvgIpc) is 1.99. The van der Waals surface area contributed by atoms with E-state index in [1.165, 1.54) is 0 Å². The summed E-state index contributed by atoms with van der Waals surface area (Å²) in [5, 5.41) is 0. The van der Waals surface area contributed by atoms with Crippen molar-refractivity contribution in [2.24, 2.45) is 0 Å². The van der Waals surface area contributed by atoms with Crippen LogP contribution in [0.15, 0.2) is 0 Å². The minimum atomic E-state index is -0.355. The first-order valence-electron chi connectivity index (χ1n) is 3.39. The molecular weight excluding hydrogens is 128 g/mol. The van der Waals surface area contributed by atoms with Crippen LogP contribution in [0.25, 0.3) is 0 Å². The summed E-state index contributed by atoms with van der Waals surface area (Å²) in [5.74, 6) is 5.76. The van der Waals surface area contributed by atoms with Crippen LogP contribution in [0.5, 0.6) is 0 Å². The maximum atomic E-state index is 4.85. The Hall–Kier alpha value is -0.520. The molecule has 0 amide bonds. The Morgan fingerprint density at radius 2 is 1.90 bits per heavy atom. The first-order valence-corrected chi connectivity index (χ1v) is 3.39. The molecule has 0 atom stereocenters. The monoisotopic (exact) mass is 142 g/mol. The van der Waals surface area contributed by atoms with Gasteiger partial charge in [-0.15, -0.1) is 0 Å². The third-order valence-corrected chi connectivity index (χ3v) is 1.02. The Kier molecular flexibility index (Phi) is 6.25. The minimum absolute atomic E-state index is 0.355. The van der Waals surface area contributed by atoms with Crippen LogP contribution in [-0.4, -0.2) is 20.5 Å². The normalized spacial score (nSPS) is 9.20. The van der Waals surface area contributed by atoms with E-state index < -0.39 is 0 Å². The Labute approximate surface area is 62.5 Å². The number of rotatable bonds is 3. The zero-order valence-corrected chi connectivity index (χ0v) is 6.81. The van der Waals surface area contributed by atoms with Crippen molar-refractivity contribution in [2.75, 3.05) is 14.2 Å². The van der Waals surface area contributed by atoms with Crippen molar-refractivity contribution >= 4 is 0 Å². The second-order valence-corrected chi connectivity index (χ2v) is 1.87. The molecule has 2 nitrogen and oxygen atoms in total. The summed E-state index contributed by atoms with van der Waals surface area (Å²) in [4.78, 5) is 0. The molecule has 0 spiro atoms. The number of hydrogen-bond acceptors (Lipinski definition) is 2. The highest BCUT2D eigenvalue weighted by Gasteiger charge is 1.94. The summed E-state index contributed by atoms with van der Waals surface area (Å²) in [6, 6.07) is 0. The molecule has 0 aliphatic rings. The maximum absolute atomic E-state index is 4.85. The smallest absolute Gasteiger partial charge is 0.221 e. The van der Waals surface area contributed by atoms with E-state index in [1.807, 2.05) is 0 Å². The van der Waals surface area contributed by atoms with E-state index >= 15 is 0 Å². The Morgan fingerprint density at radius 1 is 1.30 bits per heavy atom. The number of unbranched alkanes of at least 4 members (excludes halogenated alkanes) is 1. The summed E-state index contributed by atoms with van der Waals surface area (Å²) >= 11 is 0. The Bertz CT molecular complexity index is 117. The van der Waals surface area contributed by atoms with Crippen molar-refractivity contribution < 1.29 is 9.47 Å². The zero-order chi connectivity index (χ0) is 7.82. The van der Waals surface area contributed by atoms with E-state index in [0.29, 0.717) is 0 Å². The molecule has 0 rings (SSSR count). The molecule has 0 N–H and O–H groups in total. The van der Waals surface area contributed by atoms with E-state index in [-0.39, 0.29) is 6.29 Å². The van der Waals surface area contributed by atoms with E-state index in [2.05, 4.69) is 18.8 Å². The highest BCUT2D eigenvalue weighted by molar-refractivity contribution is 5.01. The van der Waals surface area contributed by atoms with Gasteiger partial charge in [0.2, 0.25) is 6.29 Å². The van der Waals surface area contributed by atoms with Gasteiger partial charge in [0.05, 0.1) is 0 Å². The van der Waals surface area contributed by atoms with Gasteiger partial charge in [-0.2, -0.15) is 0 Å². The molecule has 58 valence electrons. The van der Waals surface area contributed by atoms with E-state index in [9.17, 15) is 0 Å². The molecule has 0 aliphatic carbocycles. The lowest BCUT2D eigenvalue weighted by atomic mass is 10.3. The molecular formula is C8H14O2. The van der Waals surface area contributed by atoms with Crippen molar-refractivity contribution in [2.45, 2.75) is 26.1 Å². The molecule has 0 saturated heterocycles. The molecule has 0 aromatic carbocycles. The average molecular weight is 142 g/mol. The molecule has 10 heavy (non-hydrogen) atoms. The first kappa shape index (κ1) is 9.48. The second-order valence-electron chi connectivity index (χ2n) is 1.87. The molecule has 0 aliphatic heterocycles. The van der Waals surface area contributed by atoms with Gasteiger partial charge >= 0.3 is 0 Å². The van der Waals surface area contributed by atoms with Crippen LogP contribution < -0.4 is 0 Å². The van der Waals surface area contributed by atoms with Crippen LogP contribution in [0.3, 0.4) is 0 Å². The van der Waals surface area contributed by atoms with Crippen molar-refractivity contribution in [3.05, 3.63) is 0 Å². The van der Waals surface area contributed by atoms with Crippen LogP contribution >= 0.6 is 0 Å². The van der Waals surface area contributed by atoms with E-state index in [0.717, 1.165) is 12.8 Å². The van der Waals surface area contributed by atoms with Gasteiger partial charge in [0.25, 0.3) is 0 Å². The van der Waals surface area contributed by atoms with Crippen LogP contribution in [0, 0.1) is 11.8 Å². The molecule has 0 aromatic rings. The molecule has 0 saturated carbocycles. The molecule has 0 bridgehead atoms. The van der Waals surface area contributed by atoms with Gasteiger partial charge in [0.15, 0.2) is 0 Å². The molecule has 0 aromatic heterocycles. The van der Waals surface area contributed by atoms with E-state index in [1.54, 1.807) is 14.2 Å².